The minimum atomic E-state index is -0.400. The molecule has 0 amide bonds. The molecule has 0 saturated carbocycles. The van der Waals surface area contributed by atoms with Crippen molar-refractivity contribution >= 4 is 17.0 Å². The first-order valence-electron chi connectivity index (χ1n) is 5.19. The van der Waals surface area contributed by atoms with Gasteiger partial charge in [-0.25, -0.2) is 9.37 Å². The van der Waals surface area contributed by atoms with Crippen LogP contribution in [-0.4, -0.2) is 19.5 Å². The van der Waals surface area contributed by atoms with Crippen molar-refractivity contribution in [1.82, 2.24) is 19.5 Å². The van der Waals surface area contributed by atoms with Crippen molar-refractivity contribution in [3.05, 3.63) is 42.0 Å². The molecule has 3 aromatic rings. The van der Waals surface area contributed by atoms with Crippen molar-refractivity contribution in [2.45, 2.75) is 0 Å². The quantitative estimate of drug-likeness (QED) is 0.594. The van der Waals surface area contributed by atoms with E-state index in [0.29, 0.717) is 16.9 Å². The molecule has 1 aromatic carbocycles. The van der Waals surface area contributed by atoms with Crippen LogP contribution in [0.15, 0.2) is 30.6 Å². The smallest absolute Gasteiger partial charge is 0.230 e. The molecule has 4 N–H and O–H groups in total. The minimum absolute atomic E-state index is 0.0994. The number of hydrogen-bond acceptors (Lipinski definition) is 4. The van der Waals surface area contributed by atoms with Gasteiger partial charge in [-0.2, -0.15) is 4.98 Å². The van der Waals surface area contributed by atoms with Gasteiger partial charge in [0.25, 0.3) is 0 Å². The first kappa shape index (κ1) is 10.5. The zero-order valence-corrected chi connectivity index (χ0v) is 9.18. The normalized spacial score (nSPS) is 10.9. The second-order valence-corrected chi connectivity index (χ2v) is 3.74. The van der Waals surface area contributed by atoms with Crippen LogP contribution in [0.3, 0.4) is 0 Å². The van der Waals surface area contributed by atoms with Gasteiger partial charge in [0.1, 0.15) is 17.2 Å². The fraction of sp³-hybridized carbons (Fsp3) is 0. The van der Waals surface area contributed by atoms with Crippen LogP contribution in [0.1, 0.15) is 0 Å². The Labute approximate surface area is 100 Å². The Morgan fingerprint density at radius 1 is 1.39 bits per heavy atom. The number of anilines is 1. The fourth-order valence-electron chi connectivity index (χ4n) is 1.81. The topological polar surface area (TPSA) is 96.4 Å². The Bertz CT molecular complexity index is 788. The lowest BCUT2D eigenvalue weighted by Crippen LogP contribution is -2.24. The lowest BCUT2D eigenvalue weighted by atomic mass is 10.3. The summed E-state index contributed by atoms with van der Waals surface area (Å²) in [6.45, 7) is 0. The van der Waals surface area contributed by atoms with E-state index < -0.39 is 5.82 Å². The van der Waals surface area contributed by atoms with Crippen molar-refractivity contribution in [3.8, 4) is 5.69 Å². The SMILES string of the molecule is N=c1nc2nc[nH]c2c(N)n1-c1cccc(F)c1. The van der Waals surface area contributed by atoms with Crippen LogP contribution < -0.4 is 11.4 Å². The van der Waals surface area contributed by atoms with E-state index in [1.165, 1.54) is 23.0 Å². The molecule has 0 bridgehead atoms. The molecule has 2 aromatic heterocycles. The summed E-state index contributed by atoms with van der Waals surface area (Å²) in [5, 5.41) is 7.84. The molecule has 0 unspecified atom stereocenters. The molecular formula is C11H9FN6. The maximum atomic E-state index is 13.2. The number of halogens is 1. The Balaban J connectivity index is 2.38. The largest absolute Gasteiger partial charge is 0.383 e. The second kappa shape index (κ2) is 3.66. The van der Waals surface area contributed by atoms with Crippen LogP contribution in [-0.2, 0) is 0 Å². The van der Waals surface area contributed by atoms with Crippen molar-refractivity contribution in [2.24, 2.45) is 0 Å². The summed E-state index contributed by atoms with van der Waals surface area (Å²) >= 11 is 0. The third-order valence-corrected chi connectivity index (χ3v) is 2.61. The number of aromatic nitrogens is 4. The van der Waals surface area contributed by atoms with Gasteiger partial charge in [-0.15, -0.1) is 0 Å². The molecular weight excluding hydrogens is 235 g/mol. The van der Waals surface area contributed by atoms with Crippen molar-refractivity contribution in [1.29, 1.82) is 5.41 Å². The molecule has 0 atom stereocenters. The van der Waals surface area contributed by atoms with Crippen LogP contribution in [0.2, 0.25) is 0 Å². The van der Waals surface area contributed by atoms with Gasteiger partial charge in [-0.3, -0.25) is 9.98 Å². The van der Waals surface area contributed by atoms with Gasteiger partial charge < -0.3 is 10.7 Å². The van der Waals surface area contributed by atoms with E-state index in [0.717, 1.165) is 0 Å². The summed E-state index contributed by atoms with van der Waals surface area (Å²) in [5.74, 6) is -0.128. The Hall–Kier alpha value is -2.70. The maximum absolute atomic E-state index is 13.2. The van der Waals surface area contributed by atoms with Crippen LogP contribution in [0.25, 0.3) is 16.9 Å². The van der Waals surface area contributed by atoms with Gasteiger partial charge in [-0.05, 0) is 18.2 Å². The molecule has 3 rings (SSSR count). The van der Waals surface area contributed by atoms with E-state index in [4.69, 9.17) is 11.1 Å². The predicted molar refractivity (Wildman–Crippen MR) is 63.4 cm³/mol. The highest BCUT2D eigenvalue weighted by molar-refractivity contribution is 5.81. The molecule has 0 spiro atoms. The lowest BCUT2D eigenvalue weighted by molar-refractivity contribution is 0.626. The summed E-state index contributed by atoms with van der Waals surface area (Å²) in [4.78, 5) is 10.8. The molecule has 7 heteroatoms. The van der Waals surface area contributed by atoms with E-state index in [1.54, 1.807) is 12.1 Å². The summed E-state index contributed by atoms with van der Waals surface area (Å²) in [7, 11) is 0. The molecule has 0 saturated heterocycles. The summed E-state index contributed by atoms with van der Waals surface area (Å²) in [5.41, 5.74) is 7.19. The zero-order chi connectivity index (χ0) is 12.7. The number of hydrogen-bond donors (Lipinski definition) is 3. The highest BCUT2D eigenvalue weighted by Gasteiger charge is 2.10. The number of nitrogen functional groups attached to an aromatic ring is 1. The Morgan fingerprint density at radius 3 is 3.00 bits per heavy atom. The lowest BCUT2D eigenvalue weighted by Gasteiger charge is -2.10. The zero-order valence-electron chi connectivity index (χ0n) is 9.18. The fourth-order valence-corrected chi connectivity index (χ4v) is 1.81. The maximum Gasteiger partial charge on any atom is 0.230 e. The Morgan fingerprint density at radius 2 is 2.22 bits per heavy atom. The molecule has 6 nitrogen and oxygen atoms in total. The van der Waals surface area contributed by atoms with Gasteiger partial charge >= 0.3 is 0 Å². The summed E-state index contributed by atoms with van der Waals surface area (Å²) in [6.07, 6.45) is 1.45. The average molecular weight is 244 g/mol. The van der Waals surface area contributed by atoms with E-state index in [-0.39, 0.29) is 11.4 Å². The molecule has 0 fully saturated rings. The second-order valence-electron chi connectivity index (χ2n) is 3.74. The van der Waals surface area contributed by atoms with Crippen LogP contribution in [0, 0.1) is 11.2 Å². The third kappa shape index (κ3) is 1.45. The number of fused-ring (bicyclic) bond motifs is 1. The van der Waals surface area contributed by atoms with Crippen LogP contribution in [0.4, 0.5) is 10.2 Å². The van der Waals surface area contributed by atoms with Crippen LogP contribution in [0.5, 0.6) is 0 Å². The molecule has 18 heavy (non-hydrogen) atoms. The van der Waals surface area contributed by atoms with Gasteiger partial charge in [-0.1, -0.05) is 6.07 Å². The predicted octanol–water partition coefficient (Wildman–Crippen LogP) is 0.949. The van der Waals surface area contributed by atoms with E-state index in [2.05, 4.69) is 15.0 Å². The van der Waals surface area contributed by atoms with Crippen molar-refractivity contribution < 1.29 is 4.39 Å². The van der Waals surface area contributed by atoms with Crippen LogP contribution >= 0.6 is 0 Å². The standard InChI is InChI=1S/C11H9FN6/c12-6-2-1-3-7(4-6)18-9(13)8-10(16-5-15-8)17-11(18)14/h1-5H,13H2,(H2,14,15,16,17). The van der Waals surface area contributed by atoms with E-state index in [9.17, 15) is 4.39 Å². The van der Waals surface area contributed by atoms with Gasteiger partial charge in [0, 0.05) is 0 Å². The van der Waals surface area contributed by atoms with E-state index >= 15 is 0 Å². The van der Waals surface area contributed by atoms with Crippen molar-refractivity contribution in [3.63, 3.8) is 0 Å². The highest BCUT2D eigenvalue weighted by atomic mass is 19.1. The first-order valence-corrected chi connectivity index (χ1v) is 5.19. The molecule has 90 valence electrons. The molecule has 0 aliphatic rings. The van der Waals surface area contributed by atoms with Gasteiger partial charge in [0.05, 0.1) is 12.0 Å². The number of H-pyrrole nitrogens is 1. The third-order valence-electron chi connectivity index (χ3n) is 2.61. The monoisotopic (exact) mass is 244 g/mol. The van der Waals surface area contributed by atoms with Gasteiger partial charge in [0.2, 0.25) is 5.62 Å². The average Bonchev–Trinajstić information content (AvgIpc) is 2.77. The molecule has 0 radical (unpaired) electrons. The number of imidazole rings is 1. The number of nitrogens with one attached hydrogen (secondary N) is 2. The number of nitrogens with zero attached hydrogens (tertiary/aromatic N) is 3. The summed E-state index contributed by atoms with van der Waals surface area (Å²) in [6, 6.07) is 5.82. The van der Waals surface area contributed by atoms with E-state index in [1.807, 2.05) is 0 Å². The summed E-state index contributed by atoms with van der Waals surface area (Å²) < 4.78 is 14.6. The molecule has 0 aliphatic heterocycles. The molecule has 2 heterocycles. The van der Waals surface area contributed by atoms with Gasteiger partial charge in [0.15, 0.2) is 5.65 Å². The number of benzene rings is 1. The number of aromatic amines is 1. The minimum Gasteiger partial charge on any atom is -0.383 e. The number of nitrogens with two attached hydrogens (primary N) is 1. The highest BCUT2D eigenvalue weighted by Crippen LogP contribution is 2.17. The van der Waals surface area contributed by atoms with Crippen molar-refractivity contribution in [2.75, 3.05) is 5.73 Å². The number of rotatable bonds is 1. The first-order chi connectivity index (χ1) is 8.66. The molecule has 0 aliphatic carbocycles. The Kier molecular flexibility index (Phi) is 2.12.